The molecular formula is C23H23N3O6S. The van der Waals surface area contributed by atoms with Crippen LogP contribution in [0.4, 0.5) is 5.69 Å². The topological polar surface area (TPSA) is 110 Å². The lowest BCUT2D eigenvalue weighted by Gasteiger charge is -2.23. The summed E-state index contributed by atoms with van der Waals surface area (Å²) in [6.45, 7) is 0. The Balaban J connectivity index is 1.72. The van der Waals surface area contributed by atoms with E-state index in [1.165, 1.54) is 11.3 Å². The van der Waals surface area contributed by atoms with Crippen LogP contribution in [0, 0.1) is 0 Å². The molecule has 172 valence electrons. The van der Waals surface area contributed by atoms with Crippen LogP contribution in [0.5, 0.6) is 11.5 Å². The molecule has 1 aromatic heterocycles. The van der Waals surface area contributed by atoms with Gasteiger partial charge in [0.2, 0.25) is 10.0 Å². The van der Waals surface area contributed by atoms with Crippen molar-refractivity contribution in [3.05, 3.63) is 77.7 Å². The van der Waals surface area contributed by atoms with Crippen LogP contribution < -0.4 is 14.2 Å². The highest BCUT2D eigenvalue weighted by Gasteiger charge is 2.36. The lowest BCUT2D eigenvalue weighted by atomic mass is 9.97. The maximum atomic E-state index is 13.2. The maximum Gasteiger partial charge on any atom is 0.310 e. The molecule has 1 atom stereocenters. The molecule has 2 heterocycles. The van der Waals surface area contributed by atoms with Crippen LogP contribution in [0.15, 0.2) is 70.4 Å². The molecule has 0 saturated carbocycles. The van der Waals surface area contributed by atoms with Crippen LogP contribution in [0.1, 0.15) is 34.1 Å². The number of hydrogen-bond acceptors (Lipinski definition) is 7. The first-order chi connectivity index (χ1) is 15.8. The van der Waals surface area contributed by atoms with Crippen molar-refractivity contribution in [1.82, 2.24) is 5.01 Å². The largest absolute Gasteiger partial charge is 0.497 e. The molecule has 3 aromatic rings. The number of carbonyl (C=O) groups excluding carboxylic acids is 1. The number of nitrogens with one attached hydrogen (secondary N) is 1. The van der Waals surface area contributed by atoms with E-state index in [1.54, 1.807) is 62.8 Å². The standard InChI is InChI=1S/C23H23N3O6S/c1-30-17-10-11-21(31-2)18(13-17)20-14-19(24-26(20)23(27)22-5-4-12-32-22)15-6-8-16(9-7-15)25-33(3,28)29/h4-13,20,25H,14H2,1-3H3. The first kappa shape index (κ1) is 22.4. The number of sulfonamides is 1. The summed E-state index contributed by atoms with van der Waals surface area (Å²) in [5, 5.41) is 6.00. The summed E-state index contributed by atoms with van der Waals surface area (Å²) >= 11 is 0. The normalized spacial score (nSPS) is 15.8. The van der Waals surface area contributed by atoms with Crippen molar-refractivity contribution in [2.75, 3.05) is 25.2 Å². The zero-order valence-corrected chi connectivity index (χ0v) is 19.1. The van der Waals surface area contributed by atoms with Crippen LogP contribution in [0.3, 0.4) is 0 Å². The SMILES string of the molecule is COc1ccc(OC)c(C2CC(c3ccc(NS(C)(=O)=O)cc3)=NN2C(=O)c2ccco2)c1. The summed E-state index contributed by atoms with van der Waals surface area (Å²) in [5.74, 6) is 1.00. The smallest absolute Gasteiger partial charge is 0.310 e. The average molecular weight is 470 g/mol. The minimum atomic E-state index is -3.38. The third-order valence-electron chi connectivity index (χ3n) is 5.17. The van der Waals surface area contributed by atoms with E-state index in [-0.39, 0.29) is 11.7 Å². The van der Waals surface area contributed by atoms with Gasteiger partial charge in [0.15, 0.2) is 5.76 Å². The van der Waals surface area contributed by atoms with E-state index >= 15 is 0 Å². The third kappa shape index (κ3) is 4.85. The van der Waals surface area contributed by atoms with Gasteiger partial charge in [0.05, 0.1) is 38.5 Å². The molecule has 0 bridgehead atoms. The second-order valence-corrected chi connectivity index (χ2v) is 9.20. The molecule has 0 aliphatic carbocycles. The summed E-state index contributed by atoms with van der Waals surface area (Å²) < 4.78 is 41.6. The number of ether oxygens (including phenoxy) is 2. The molecule has 9 nitrogen and oxygen atoms in total. The zero-order valence-electron chi connectivity index (χ0n) is 18.3. The highest BCUT2D eigenvalue weighted by Crippen LogP contribution is 2.40. The number of methoxy groups -OCH3 is 2. The van der Waals surface area contributed by atoms with Crippen molar-refractivity contribution >= 4 is 27.3 Å². The van der Waals surface area contributed by atoms with Crippen molar-refractivity contribution in [1.29, 1.82) is 0 Å². The van der Waals surface area contributed by atoms with Gasteiger partial charge in [-0.05, 0) is 48.0 Å². The average Bonchev–Trinajstić information content (AvgIpc) is 3.48. The minimum absolute atomic E-state index is 0.166. The van der Waals surface area contributed by atoms with Crippen LogP contribution in [-0.2, 0) is 10.0 Å². The number of hydrogen-bond donors (Lipinski definition) is 1. The number of amides is 1. The molecule has 0 saturated heterocycles. The van der Waals surface area contributed by atoms with Crippen LogP contribution >= 0.6 is 0 Å². The number of nitrogens with zero attached hydrogens (tertiary/aromatic N) is 2. The minimum Gasteiger partial charge on any atom is -0.497 e. The first-order valence-corrected chi connectivity index (χ1v) is 11.9. The second-order valence-electron chi connectivity index (χ2n) is 7.45. The van der Waals surface area contributed by atoms with E-state index in [1.807, 2.05) is 6.07 Å². The van der Waals surface area contributed by atoms with E-state index in [0.29, 0.717) is 29.3 Å². The van der Waals surface area contributed by atoms with E-state index in [0.717, 1.165) is 17.4 Å². The van der Waals surface area contributed by atoms with E-state index < -0.39 is 16.1 Å². The summed E-state index contributed by atoms with van der Waals surface area (Å²) in [7, 11) is -0.249. The highest BCUT2D eigenvalue weighted by molar-refractivity contribution is 7.92. The Bertz CT molecular complexity index is 1280. The Morgan fingerprint density at radius 3 is 2.48 bits per heavy atom. The Morgan fingerprint density at radius 1 is 1.12 bits per heavy atom. The van der Waals surface area contributed by atoms with E-state index in [9.17, 15) is 13.2 Å². The van der Waals surface area contributed by atoms with Gasteiger partial charge >= 0.3 is 5.91 Å². The van der Waals surface area contributed by atoms with Gasteiger partial charge in [-0.2, -0.15) is 5.10 Å². The number of anilines is 1. The Labute approximate surface area is 191 Å². The molecule has 1 aliphatic heterocycles. The van der Waals surface area contributed by atoms with Crippen LogP contribution in [-0.4, -0.2) is 45.5 Å². The number of carbonyl (C=O) groups is 1. The molecule has 4 rings (SSSR count). The zero-order chi connectivity index (χ0) is 23.6. The van der Waals surface area contributed by atoms with Gasteiger partial charge in [-0.25, -0.2) is 13.4 Å². The van der Waals surface area contributed by atoms with Gasteiger partial charge < -0.3 is 13.9 Å². The predicted octanol–water partition coefficient (Wildman–Crippen LogP) is 3.66. The van der Waals surface area contributed by atoms with Crippen LogP contribution in [0.25, 0.3) is 0 Å². The van der Waals surface area contributed by atoms with E-state index in [4.69, 9.17) is 13.9 Å². The number of rotatable bonds is 7. The fourth-order valence-electron chi connectivity index (χ4n) is 3.67. The van der Waals surface area contributed by atoms with Gasteiger partial charge in [-0.15, -0.1) is 0 Å². The Morgan fingerprint density at radius 2 is 1.88 bits per heavy atom. The fourth-order valence-corrected chi connectivity index (χ4v) is 4.24. The Hall–Kier alpha value is -3.79. The molecule has 0 spiro atoms. The molecule has 1 N–H and O–H groups in total. The van der Waals surface area contributed by atoms with Gasteiger partial charge in [0.1, 0.15) is 11.5 Å². The van der Waals surface area contributed by atoms with Gasteiger partial charge in [0, 0.05) is 17.7 Å². The number of benzene rings is 2. The first-order valence-electron chi connectivity index (χ1n) is 10.0. The third-order valence-corrected chi connectivity index (χ3v) is 5.77. The molecule has 10 heteroatoms. The second kappa shape index (κ2) is 8.99. The molecule has 2 aromatic carbocycles. The van der Waals surface area contributed by atoms with Crippen molar-refractivity contribution in [2.24, 2.45) is 5.10 Å². The summed E-state index contributed by atoms with van der Waals surface area (Å²) in [5.41, 5.74) is 2.60. The molecular weight excluding hydrogens is 446 g/mol. The summed E-state index contributed by atoms with van der Waals surface area (Å²) in [4.78, 5) is 13.2. The van der Waals surface area contributed by atoms with Crippen LogP contribution in [0.2, 0.25) is 0 Å². The van der Waals surface area contributed by atoms with Gasteiger partial charge in [-0.1, -0.05) is 12.1 Å². The quantitative estimate of drug-likeness (QED) is 0.565. The molecule has 1 aliphatic rings. The molecule has 33 heavy (non-hydrogen) atoms. The lowest BCUT2D eigenvalue weighted by Crippen LogP contribution is -2.27. The van der Waals surface area contributed by atoms with Crippen molar-refractivity contribution in [3.8, 4) is 11.5 Å². The van der Waals surface area contributed by atoms with Gasteiger partial charge in [-0.3, -0.25) is 9.52 Å². The van der Waals surface area contributed by atoms with Crippen molar-refractivity contribution in [3.63, 3.8) is 0 Å². The highest BCUT2D eigenvalue weighted by atomic mass is 32.2. The lowest BCUT2D eigenvalue weighted by molar-refractivity contribution is 0.0676. The number of hydrazone groups is 1. The Kier molecular flexibility index (Phi) is 6.10. The molecule has 1 unspecified atom stereocenters. The monoisotopic (exact) mass is 469 g/mol. The van der Waals surface area contributed by atoms with Crippen molar-refractivity contribution in [2.45, 2.75) is 12.5 Å². The number of furan rings is 1. The van der Waals surface area contributed by atoms with Gasteiger partial charge in [0.25, 0.3) is 0 Å². The summed E-state index contributed by atoms with van der Waals surface area (Å²) in [6, 6.07) is 15.0. The molecule has 1 amide bonds. The predicted molar refractivity (Wildman–Crippen MR) is 123 cm³/mol. The summed E-state index contributed by atoms with van der Waals surface area (Å²) in [6.07, 6.45) is 2.93. The fraction of sp³-hybridized carbons (Fsp3) is 0.217. The van der Waals surface area contributed by atoms with Crippen molar-refractivity contribution < 1.29 is 27.1 Å². The molecule has 0 fully saturated rings. The molecule has 0 radical (unpaired) electrons. The maximum absolute atomic E-state index is 13.2. The van der Waals surface area contributed by atoms with E-state index in [2.05, 4.69) is 9.82 Å².